The molecule has 10 heteroatoms. The van der Waals surface area contributed by atoms with Crippen molar-refractivity contribution in [2.45, 2.75) is 25.4 Å². The van der Waals surface area contributed by atoms with Gasteiger partial charge in [0.05, 0.1) is 11.3 Å². The Hall–Kier alpha value is -4.26. The molecule has 35 heavy (non-hydrogen) atoms. The summed E-state index contributed by atoms with van der Waals surface area (Å²) >= 11 is 0. The van der Waals surface area contributed by atoms with Crippen molar-refractivity contribution < 1.29 is 8.78 Å². The van der Waals surface area contributed by atoms with Crippen LogP contribution in [0.15, 0.2) is 49.2 Å². The Kier molecular flexibility index (Phi) is 5.68. The highest BCUT2D eigenvalue weighted by Gasteiger charge is 2.41. The first-order valence-corrected chi connectivity index (χ1v) is 11.2. The molecule has 8 nitrogen and oxygen atoms in total. The molecule has 1 aromatic carbocycles. The van der Waals surface area contributed by atoms with Crippen LogP contribution in [-0.4, -0.2) is 42.8 Å². The van der Waals surface area contributed by atoms with Crippen LogP contribution in [0.3, 0.4) is 0 Å². The summed E-state index contributed by atoms with van der Waals surface area (Å²) in [5.41, 5.74) is 2.34. The van der Waals surface area contributed by atoms with Gasteiger partial charge in [-0.3, -0.25) is 0 Å². The Morgan fingerprint density at radius 3 is 2.31 bits per heavy atom. The van der Waals surface area contributed by atoms with E-state index in [0.717, 1.165) is 11.1 Å². The van der Waals surface area contributed by atoms with Gasteiger partial charge in [0.15, 0.2) is 11.5 Å². The predicted molar refractivity (Wildman–Crippen MR) is 125 cm³/mol. The number of nitrogens with zero attached hydrogens (tertiary/aromatic N) is 8. The second-order valence-corrected chi connectivity index (χ2v) is 8.64. The molecular weight excluding hydrogens is 450 g/mol. The van der Waals surface area contributed by atoms with E-state index in [1.165, 1.54) is 18.6 Å². The van der Waals surface area contributed by atoms with E-state index in [4.69, 9.17) is 0 Å². The van der Waals surface area contributed by atoms with E-state index in [0.29, 0.717) is 47.1 Å². The molecule has 1 saturated heterocycles. The standard InChI is InChI=1S/C25H22F2N8/c1-16-29-13-20(14-30-16)18-9-19(11-28)23(21(10-18)17-3-4-22(26)31-12-17)35-7-5-25(27,6-8-35)24-33-32-15-34(24)2/h3-4,9-10,12-15H,5-8H2,1-2H3. The van der Waals surface area contributed by atoms with Crippen molar-refractivity contribution in [2.75, 3.05) is 18.0 Å². The zero-order valence-electron chi connectivity index (χ0n) is 19.3. The summed E-state index contributed by atoms with van der Waals surface area (Å²) in [7, 11) is 1.73. The van der Waals surface area contributed by atoms with Gasteiger partial charge in [-0.05, 0) is 36.8 Å². The quantitative estimate of drug-likeness (QED) is 0.412. The van der Waals surface area contributed by atoms with Gasteiger partial charge in [0.25, 0.3) is 0 Å². The van der Waals surface area contributed by atoms with E-state index >= 15 is 4.39 Å². The van der Waals surface area contributed by atoms with Crippen LogP contribution in [0.25, 0.3) is 22.3 Å². The van der Waals surface area contributed by atoms with Crippen LogP contribution in [0, 0.1) is 24.2 Å². The Bertz CT molecular complexity index is 1400. The summed E-state index contributed by atoms with van der Waals surface area (Å²) in [6.07, 6.45) is 6.71. The van der Waals surface area contributed by atoms with E-state index in [1.54, 1.807) is 43.1 Å². The number of aromatic nitrogens is 6. The summed E-state index contributed by atoms with van der Waals surface area (Å²) in [5, 5.41) is 17.9. The molecule has 1 aliphatic heterocycles. The zero-order valence-corrected chi connectivity index (χ0v) is 19.3. The highest BCUT2D eigenvalue weighted by atomic mass is 19.1. The third kappa shape index (κ3) is 4.21. The maximum absolute atomic E-state index is 15.8. The Labute approximate surface area is 200 Å². The number of hydrogen-bond donors (Lipinski definition) is 0. The molecule has 0 aliphatic carbocycles. The second-order valence-electron chi connectivity index (χ2n) is 8.64. The van der Waals surface area contributed by atoms with Crippen molar-refractivity contribution in [1.29, 1.82) is 5.26 Å². The van der Waals surface area contributed by atoms with E-state index in [1.807, 2.05) is 11.0 Å². The number of rotatable bonds is 4. The van der Waals surface area contributed by atoms with E-state index in [9.17, 15) is 9.65 Å². The number of hydrogen-bond acceptors (Lipinski definition) is 7. The smallest absolute Gasteiger partial charge is 0.212 e. The summed E-state index contributed by atoms with van der Waals surface area (Å²) in [6.45, 7) is 2.53. The van der Waals surface area contributed by atoms with Crippen molar-refractivity contribution in [3.8, 4) is 28.3 Å². The summed E-state index contributed by atoms with van der Waals surface area (Å²) in [6, 6.07) is 8.90. The SMILES string of the molecule is Cc1ncc(-c2cc(C#N)c(N3CCC(F)(c4nncn4C)CC3)c(-c3ccc(F)nc3)c2)cn1. The lowest BCUT2D eigenvalue weighted by atomic mass is 9.89. The van der Waals surface area contributed by atoms with Crippen molar-refractivity contribution in [3.05, 3.63) is 72.3 Å². The summed E-state index contributed by atoms with van der Waals surface area (Å²) in [4.78, 5) is 14.3. The normalized spacial score (nSPS) is 15.1. The van der Waals surface area contributed by atoms with Crippen LogP contribution < -0.4 is 4.90 Å². The summed E-state index contributed by atoms with van der Waals surface area (Å²) in [5.74, 6) is 0.345. The number of pyridine rings is 1. The zero-order chi connectivity index (χ0) is 24.6. The third-order valence-electron chi connectivity index (χ3n) is 6.37. The third-order valence-corrected chi connectivity index (χ3v) is 6.37. The van der Waals surface area contributed by atoms with Gasteiger partial charge in [-0.15, -0.1) is 10.2 Å². The van der Waals surface area contributed by atoms with Crippen molar-refractivity contribution in [3.63, 3.8) is 0 Å². The number of anilines is 1. The average molecular weight is 473 g/mol. The first-order chi connectivity index (χ1) is 16.9. The molecule has 0 radical (unpaired) electrons. The molecular formula is C25H22F2N8. The lowest BCUT2D eigenvalue weighted by Gasteiger charge is -2.38. The lowest BCUT2D eigenvalue weighted by Crippen LogP contribution is -2.42. The number of alkyl halides is 1. The second kappa shape index (κ2) is 8.83. The first-order valence-electron chi connectivity index (χ1n) is 11.2. The number of halogens is 2. The van der Waals surface area contributed by atoms with Crippen LogP contribution >= 0.6 is 0 Å². The molecule has 0 atom stereocenters. The number of benzene rings is 1. The fraction of sp³-hybridized carbons (Fsp3) is 0.280. The molecule has 0 unspecified atom stereocenters. The minimum atomic E-state index is -1.61. The molecule has 176 valence electrons. The van der Waals surface area contributed by atoms with Gasteiger partial charge in [0.2, 0.25) is 5.95 Å². The largest absolute Gasteiger partial charge is 0.370 e. The summed E-state index contributed by atoms with van der Waals surface area (Å²) < 4.78 is 31.0. The maximum atomic E-state index is 15.8. The van der Waals surface area contributed by atoms with Crippen LogP contribution in [0.2, 0.25) is 0 Å². The first kappa shape index (κ1) is 22.5. The van der Waals surface area contributed by atoms with Gasteiger partial charge in [-0.25, -0.2) is 19.3 Å². The molecule has 0 amide bonds. The highest BCUT2D eigenvalue weighted by Crippen LogP contribution is 2.42. The molecule has 1 aliphatic rings. The van der Waals surface area contributed by atoms with Gasteiger partial charge in [-0.2, -0.15) is 9.65 Å². The molecule has 5 rings (SSSR count). The average Bonchev–Trinajstić information content (AvgIpc) is 3.31. The minimum absolute atomic E-state index is 0.194. The van der Waals surface area contributed by atoms with Gasteiger partial charge >= 0.3 is 0 Å². The molecule has 1 fully saturated rings. The lowest BCUT2D eigenvalue weighted by molar-refractivity contribution is 0.109. The van der Waals surface area contributed by atoms with Gasteiger partial charge in [-0.1, -0.05) is 0 Å². The Morgan fingerprint density at radius 2 is 1.71 bits per heavy atom. The van der Waals surface area contributed by atoms with Crippen LogP contribution in [0.4, 0.5) is 14.5 Å². The molecule has 4 aromatic rings. The fourth-order valence-corrected chi connectivity index (χ4v) is 4.52. The van der Waals surface area contributed by atoms with E-state index < -0.39 is 11.6 Å². The van der Waals surface area contributed by atoms with Crippen LogP contribution in [-0.2, 0) is 12.7 Å². The monoisotopic (exact) mass is 472 g/mol. The number of piperidine rings is 1. The maximum Gasteiger partial charge on any atom is 0.212 e. The van der Waals surface area contributed by atoms with Gasteiger partial charge in [0.1, 0.15) is 18.2 Å². The minimum Gasteiger partial charge on any atom is -0.370 e. The van der Waals surface area contributed by atoms with Crippen molar-refractivity contribution in [1.82, 2.24) is 29.7 Å². The van der Waals surface area contributed by atoms with Crippen molar-refractivity contribution >= 4 is 5.69 Å². The molecule has 4 heterocycles. The fourth-order valence-electron chi connectivity index (χ4n) is 4.52. The highest BCUT2D eigenvalue weighted by molar-refractivity contribution is 5.87. The molecule has 0 spiro atoms. The molecule has 0 bridgehead atoms. The molecule has 0 saturated carbocycles. The van der Waals surface area contributed by atoms with E-state index in [2.05, 4.69) is 31.2 Å². The predicted octanol–water partition coefficient (Wildman–Crippen LogP) is 4.12. The molecule has 3 aromatic heterocycles. The van der Waals surface area contributed by atoms with Crippen molar-refractivity contribution in [2.24, 2.45) is 7.05 Å². The number of aryl methyl sites for hydroxylation is 2. The Balaban J connectivity index is 1.58. The van der Waals surface area contributed by atoms with Gasteiger partial charge < -0.3 is 9.47 Å². The topological polar surface area (TPSA) is 96.4 Å². The van der Waals surface area contributed by atoms with E-state index in [-0.39, 0.29) is 12.8 Å². The van der Waals surface area contributed by atoms with Gasteiger partial charge in [0, 0.05) is 68.3 Å². The van der Waals surface area contributed by atoms with Crippen LogP contribution in [0.5, 0.6) is 0 Å². The Morgan fingerprint density at radius 1 is 1.00 bits per heavy atom. The van der Waals surface area contributed by atoms with Crippen LogP contribution in [0.1, 0.15) is 30.1 Å². The molecule has 0 N–H and O–H groups in total. The number of nitriles is 1.